The molecule has 1 rings (SSSR count). The Bertz CT molecular complexity index is 187. The molecule has 1 N–H and O–H groups in total. The van der Waals surface area contributed by atoms with E-state index in [-0.39, 0.29) is 18.1 Å². The molecule has 3 nitrogen and oxygen atoms in total. The van der Waals surface area contributed by atoms with Gasteiger partial charge in [0.05, 0.1) is 12.1 Å². The predicted octanol–water partition coefficient (Wildman–Crippen LogP) is 1.85. The van der Waals surface area contributed by atoms with Crippen molar-refractivity contribution < 1.29 is 9.53 Å². The number of alkyl halides is 1. The third-order valence-corrected chi connectivity index (χ3v) is 3.07. The normalized spacial score (nSPS) is 26.4. The van der Waals surface area contributed by atoms with Crippen molar-refractivity contribution in [1.82, 2.24) is 5.32 Å². The number of hydrogen-bond donors (Lipinski definition) is 1. The summed E-state index contributed by atoms with van der Waals surface area (Å²) in [6.07, 6.45) is 3.78. The minimum absolute atomic E-state index is 0.160. The Morgan fingerprint density at radius 2 is 2.36 bits per heavy atom. The topological polar surface area (TPSA) is 38.3 Å². The molecule has 0 spiro atoms. The van der Waals surface area contributed by atoms with Crippen LogP contribution in [0.1, 0.15) is 32.6 Å². The Labute approximate surface area is 93.7 Å². The summed E-state index contributed by atoms with van der Waals surface area (Å²) in [5.74, 6) is 0.160. The van der Waals surface area contributed by atoms with Crippen LogP contribution in [0.15, 0.2) is 0 Å². The second kappa shape index (κ2) is 6.40. The van der Waals surface area contributed by atoms with E-state index >= 15 is 0 Å². The van der Waals surface area contributed by atoms with Crippen LogP contribution >= 0.6 is 15.9 Å². The Morgan fingerprint density at radius 3 is 2.93 bits per heavy atom. The van der Waals surface area contributed by atoms with Gasteiger partial charge in [-0.15, -0.1) is 0 Å². The Hall–Kier alpha value is -0.0900. The number of rotatable bonds is 5. The molecular formula is C10H18BrNO2. The molecule has 1 aliphatic rings. The van der Waals surface area contributed by atoms with Crippen molar-refractivity contribution in [3.8, 4) is 0 Å². The molecule has 0 aliphatic carbocycles. The number of carbonyl (C=O) groups excluding carboxylic acids is 1. The van der Waals surface area contributed by atoms with E-state index in [9.17, 15) is 4.79 Å². The largest absolute Gasteiger partial charge is 0.376 e. The summed E-state index contributed by atoms with van der Waals surface area (Å²) in [6, 6.07) is 0.228. The van der Waals surface area contributed by atoms with E-state index in [2.05, 4.69) is 21.2 Å². The molecule has 1 saturated heterocycles. The van der Waals surface area contributed by atoms with E-state index in [0.717, 1.165) is 31.2 Å². The first-order valence-electron chi connectivity index (χ1n) is 5.21. The summed E-state index contributed by atoms with van der Waals surface area (Å²) in [5.41, 5.74) is 0. The molecule has 2 unspecified atom stereocenters. The summed E-state index contributed by atoms with van der Waals surface area (Å²) in [5, 5.41) is 3.98. The fourth-order valence-corrected chi connectivity index (χ4v) is 1.98. The first-order chi connectivity index (χ1) is 6.74. The molecule has 82 valence electrons. The maximum absolute atomic E-state index is 11.4. The lowest BCUT2D eigenvalue weighted by atomic mass is 10.1. The summed E-state index contributed by atoms with van der Waals surface area (Å²) < 4.78 is 5.37. The average Bonchev–Trinajstić information content (AvgIpc) is 2.52. The fourth-order valence-electron chi connectivity index (χ4n) is 1.58. The standard InChI is InChI=1S/C10H18BrNO2/c1-8-9(5-7-14-8)12-10(13)4-2-3-6-11/h8-9H,2-7H2,1H3,(H,12,13). The van der Waals surface area contributed by atoms with Crippen molar-refractivity contribution >= 4 is 21.8 Å². The van der Waals surface area contributed by atoms with Crippen molar-refractivity contribution in [2.75, 3.05) is 11.9 Å². The minimum atomic E-state index is 0.160. The van der Waals surface area contributed by atoms with Gasteiger partial charge in [0.1, 0.15) is 0 Å². The smallest absolute Gasteiger partial charge is 0.220 e. The Balaban J connectivity index is 2.13. The lowest BCUT2D eigenvalue weighted by Crippen LogP contribution is -2.39. The number of nitrogens with one attached hydrogen (secondary N) is 1. The lowest BCUT2D eigenvalue weighted by molar-refractivity contribution is -0.122. The first kappa shape index (κ1) is 12.0. The molecule has 2 atom stereocenters. The van der Waals surface area contributed by atoms with E-state index in [0.29, 0.717) is 6.42 Å². The summed E-state index contributed by atoms with van der Waals surface area (Å²) >= 11 is 3.35. The molecule has 14 heavy (non-hydrogen) atoms. The number of ether oxygens (including phenoxy) is 1. The van der Waals surface area contributed by atoms with Gasteiger partial charge in [-0.1, -0.05) is 15.9 Å². The number of unbranched alkanes of at least 4 members (excludes halogenated alkanes) is 1. The second-order valence-corrected chi connectivity index (χ2v) is 4.48. The highest BCUT2D eigenvalue weighted by Crippen LogP contribution is 2.12. The minimum Gasteiger partial charge on any atom is -0.376 e. The number of halogens is 1. The zero-order valence-electron chi connectivity index (χ0n) is 8.59. The molecule has 0 aromatic heterocycles. The number of amides is 1. The molecule has 0 aromatic carbocycles. The van der Waals surface area contributed by atoms with E-state index in [4.69, 9.17) is 4.74 Å². The van der Waals surface area contributed by atoms with Crippen molar-refractivity contribution in [2.45, 2.75) is 44.8 Å². The molecule has 0 aromatic rings. The molecule has 0 bridgehead atoms. The van der Waals surface area contributed by atoms with Gasteiger partial charge < -0.3 is 10.1 Å². The van der Waals surface area contributed by atoms with Crippen LogP contribution in [-0.4, -0.2) is 30.0 Å². The summed E-state index contributed by atoms with van der Waals surface area (Å²) in [4.78, 5) is 11.4. The maximum Gasteiger partial charge on any atom is 0.220 e. The van der Waals surface area contributed by atoms with Gasteiger partial charge in [0, 0.05) is 18.4 Å². The molecule has 0 radical (unpaired) electrons. The van der Waals surface area contributed by atoms with Crippen LogP contribution < -0.4 is 5.32 Å². The molecular weight excluding hydrogens is 246 g/mol. The van der Waals surface area contributed by atoms with Crippen LogP contribution in [0.25, 0.3) is 0 Å². The Kier molecular flexibility index (Phi) is 5.48. The fraction of sp³-hybridized carbons (Fsp3) is 0.900. The van der Waals surface area contributed by atoms with Gasteiger partial charge in [0.25, 0.3) is 0 Å². The highest BCUT2D eigenvalue weighted by atomic mass is 79.9. The van der Waals surface area contributed by atoms with Gasteiger partial charge in [-0.2, -0.15) is 0 Å². The van der Waals surface area contributed by atoms with Gasteiger partial charge in [-0.05, 0) is 26.2 Å². The highest BCUT2D eigenvalue weighted by Gasteiger charge is 2.25. The molecule has 1 heterocycles. The quantitative estimate of drug-likeness (QED) is 0.608. The van der Waals surface area contributed by atoms with E-state index in [1.54, 1.807) is 0 Å². The van der Waals surface area contributed by atoms with Crippen molar-refractivity contribution in [3.05, 3.63) is 0 Å². The predicted molar refractivity (Wildman–Crippen MR) is 59.6 cm³/mol. The van der Waals surface area contributed by atoms with Gasteiger partial charge in [-0.25, -0.2) is 0 Å². The maximum atomic E-state index is 11.4. The summed E-state index contributed by atoms with van der Waals surface area (Å²) in [7, 11) is 0. The van der Waals surface area contributed by atoms with Gasteiger partial charge in [0.2, 0.25) is 5.91 Å². The zero-order valence-corrected chi connectivity index (χ0v) is 10.2. The second-order valence-electron chi connectivity index (χ2n) is 3.68. The van der Waals surface area contributed by atoms with Crippen LogP contribution in [0.2, 0.25) is 0 Å². The molecule has 1 aliphatic heterocycles. The van der Waals surface area contributed by atoms with E-state index in [1.165, 1.54) is 0 Å². The molecule has 4 heteroatoms. The zero-order chi connectivity index (χ0) is 10.4. The number of carbonyl (C=O) groups is 1. The van der Waals surface area contributed by atoms with Crippen LogP contribution in [0.4, 0.5) is 0 Å². The average molecular weight is 264 g/mol. The first-order valence-corrected chi connectivity index (χ1v) is 6.33. The van der Waals surface area contributed by atoms with Gasteiger partial charge in [-0.3, -0.25) is 4.79 Å². The van der Waals surface area contributed by atoms with Gasteiger partial charge in [0.15, 0.2) is 0 Å². The Morgan fingerprint density at radius 1 is 1.57 bits per heavy atom. The highest BCUT2D eigenvalue weighted by molar-refractivity contribution is 9.09. The molecule has 1 amide bonds. The molecule has 0 saturated carbocycles. The van der Waals surface area contributed by atoms with Crippen LogP contribution in [0.5, 0.6) is 0 Å². The van der Waals surface area contributed by atoms with Crippen molar-refractivity contribution in [3.63, 3.8) is 0 Å². The SMILES string of the molecule is CC1OCCC1NC(=O)CCCCBr. The number of hydrogen-bond acceptors (Lipinski definition) is 2. The van der Waals surface area contributed by atoms with Crippen molar-refractivity contribution in [1.29, 1.82) is 0 Å². The molecule has 1 fully saturated rings. The van der Waals surface area contributed by atoms with Crippen LogP contribution in [-0.2, 0) is 9.53 Å². The third-order valence-electron chi connectivity index (χ3n) is 2.51. The monoisotopic (exact) mass is 263 g/mol. The van der Waals surface area contributed by atoms with E-state index in [1.807, 2.05) is 6.92 Å². The third kappa shape index (κ3) is 3.96. The van der Waals surface area contributed by atoms with E-state index < -0.39 is 0 Å². The lowest BCUT2D eigenvalue weighted by Gasteiger charge is -2.15. The van der Waals surface area contributed by atoms with Gasteiger partial charge >= 0.3 is 0 Å². The summed E-state index contributed by atoms with van der Waals surface area (Å²) in [6.45, 7) is 2.78. The van der Waals surface area contributed by atoms with Crippen molar-refractivity contribution in [2.24, 2.45) is 0 Å². The van der Waals surface area contributed by atoms with Crippen LogP contribution in [0.3, 0.4) is 0 Å². The van der Waals surface area contributed by atoms with Crippen LogP contribution in [0, 0.1) is 0 Å².